The molecule has 0 unspecified atom stereocenters. The Bertz CT molecular complexity index is 1440. The Morgan fingerprint density at radius 3 is 2.27 bits per heavy atom. The first-order valence-corrected chi connectivity index (χ1v) is 10.5. The minimum Gasteiger partial charge on any atom is -0.297 e. The third-order valence-corrected chi connectivity index (χ3v) is 5.99. The molecular formula is C26H17FN4O2. The number of aromatic nitrogens is 2. The van der Waals surface area contributed by atoms with Crippen molar-refractivity contribution in [3.8, 4) is 5.69 Å². The molecule has 0 fully saturated rings. The number of nitrogens with zero attached hydrogens (tertiary/aromatic N) is 4. The number of fused-ring (bicyclic) bond motifs is 4. The first-order chi connectivity index (χ1) is 16.1. The predicted molar refractivity (Wildman–Crippen MR) is 120 cm³/mol. The maximum atomic E-state index is 14.3. The third kappa shape index (κ3) is 3.01. The van der Waals surface area contributed by atoms with Gasteiger partial charge in [-0.3, -0.25) is 24.0 Å². The number of carbonyl (C=O) groups excluding carboxylic acids is 2. The molecule has 4 aromatic rings. The van der Waals surface area contributed by atoms with Crippen LogP contribution in [0.3, 0.4) is 0 Å². The molecule has 0 radical (unpaired) electrons. The monoisotopic (exact) mass is 436 g/mol. The van der Waals surface area contributed by atoms with E-state index in [1.54, 1.807) is 36.5 Å². The van der Waals surface area contributed by atoms with Crippen molar-refractivity contribution in [3.05, 3.63) is 119 Å². The van der Waals surface area contributed by atoms with Gasteiger partial charge in [0.25, 0.3) is 11.8 Å². The average molecular weight is 436 g/mol. The van der Waals surface area contributed by atoms with Crippen molar-refractivity contribution in [2.75, 3.05) is 0 Å². The van der Waals surface area contributed by atoms with Crippen molar-refractivity contribution in [2.45, 2.75) is 13.1 Å². The van der Waals surface area contributed by atoms with Crippen LogP contribution in [0.15, 0.2) is 84.0 Å². The summed E-state index contributed by atoms with van der Waals surface area (Å²) in [7, 11) is 0. The zero-order valence-electron chi connectivity index (χ0n) is 17.4. The van der Waals surface area contributed by atoms with Crippen LogP contribution in [0.1, 0.15) is 43.4 Å². The van der Waals surface area contributed by atoms with E-state index in [2.05, 4.69) is 4.98 Å². The second-order valence-electron chi connectivity index (χ2n) is 7.94. The molecule has 33 heavy (non-hydrogen) atoms. The highest BCUT2D eigenvalue weighted by atomic mass is 19.1. The average Bonchev–Trinajstić information content (AvgIpc) is 3.28. The molecule has 0 bridgehead atoms. The van der Waals surface area contributed by atoms with Crippen molar-refractivity contribution < 1.29 is 14.0 Å². The first kappa shape index (κ1) is 19.3. The molecule has 3 heterocycles. The van der Waals surface area contributed by atoms with E-state index in [0.29, 0.717) is 39.6 Å². The second-order valence-corrected chi connectivity index (χ2v) is 7.94. The Morgan fingerprint density at radius 1 is 0.848 bits per heavy atom. The van der Waals surface area contributed by atoms with Crippen molar-refractivity contribution >= 4 is 17.5 Å². The topological polar surface area (TPSA) is 67.6 Å². The summed E-state index contributed by atoms with van der Waals surface area (Å²) in [4.78, 5) is 36.3. The van der Waals surface area contributed by atoms with Crippen LogP contribution in [0.2, 0.25) is 0 Å². The van der Waals surface area contributed by atoms with E-state index in [1.165, 1.54) is 17.0 Å². The van der Waals surface area contributed by atoms with Gasteiger partial charge in [0, 0.05) is 11.1 Å². The highest BCUT2D eigenvalue weighted by molar-refractivity contribution is 6.21. The number of benzene rings is 3. The van der Waals surface area contributed by atoms with Gasteiger partial charge in [0.15, 0.2) is 0 Å². The van der Waals surface area contributed by atoms with E-state index in [-0.39, 0.29) is 30.7 Å². The number of hydrogen-bond acceptors (Lipinski definition) is 4. The number of halogens is 1. The van der Waals surface area contributed by atoms with E-state index < -0.39 is 0 Å². The number of aliphatic imine (C=N–C) groups is 1. The standard InChI is InChI=1S/C26H17FN4O2/c27-17-10-11-22-21(12-17)24(16-6-2-1-3-7-16)29-14-23-28-13-18(31(22)23)15-30-25(32)19-8-4-5-9-20(19)26(30)33/h1-13H,14-15H2. The molecule has 0 atom stereocenters. The molecule has 160 valence electrons. The first-order valence-electron chi connectivity index (χ1n) is 10.5. The van der Waals surface area contributed by atoms with Crippen LogP contribution in [0.5, 0.6) is 0 Å². The highest BCUT2D eigenvalue weighted by Gasteiger charge is 2.36. The Balaban J connectivity index is 1.45. The van der Waals surface area contributed by atoms with Gasteiger partial charge in [-0.2, -0.15) is 0 Å². The lowest BCUT2D eigenvalue weighted by molar-refractivity contribution is 0.0639. The Hall–Kier alpha value is -4.39. The fourth-order valence-corrected chi connectivity index (χ4v) is 4.46. The molecule has 0 N–H and O–H groups in total. The second kappa shape index (κ2) is 7.34. The van der Waals surface area contributed by atoms with Crippen molar-refractivity contribution in [1.82, 2.24) is 14.5 Å². The molecule has 6 nitrogen and oxygen atoms in total. The summed E-state index contributed by atoms with van der Waals surface area (Å²) in [6.07, 6.45) is 1.65. The minimum atomic E-state index is -0.372. The number of imidazole rings is 1. The van der Waals surface area contributed by atoms with Crippen molar-refractivity contribution in [3.63, 3.8) is 0 Å². The van der Waals surface area contributed by atoms with Crippen LogP contribution in [0, 0.1) is 5.82 Å². The van der Waals surface area contributed by atoms with Gasteiger partial charge in [-0.15, -0.1) is 0 Å². The maximum Gasteiger partial charge on any atom is 0.261 e. The molecule has 0 spiro atoms. The van der Waals surface area contributed by atoms with Gasteiger partial charge < -0.3 is 0 Å². The summed E-state index contributed by atoms with van der Waals surface area (Å²) in [6.45, 7) is 0.333. The quantitative estimate of drug-likeness (QED) is 0.453. The molecule has 2 aliphatic heterocycles. The minimum absolute atomic E-state index is 0.0524. The number of hydrogen-bond donors (Lipinski definition) is 0. The van der Waals surface area contributed by atoms with Crippen LogP contribution in [0.25, 0.3) is 5.69 Å². The molecule has 7 heteroatoms. The van der Waals surface area contributed by atoms with E-state index >= 15 is 0 Å². The van der Waals surface area contributed by atoms with Crippen molar-refractivity contribution in [2.24, 2.45) is 4.99 Å². The largest absolute Gasteiger partial charge is 0.297 e. The van der Waals surface area contributed by atoms with Crippen LogP contribution >= 0.6 is 0 Å². The lowest BCUT2D eigenvalue weighted by atomic mass is 10.0. The van der Waals surface area contributed by atoms with E-state index in [0.717, 1.165) is 5.56 Å². The summed E-state index contributed by atoms with van der Waals surface area (Å²) in [5, 5.41) is 0. The summed E-state index contributed by atoms with van der Waals surface area (Å²) in [6, 6.07) is 20.9. The number of rotatable bonds is 3. The molecule has 2 amide bonds. The smallest absolute Gasteiger partial charge is 0.261 e. The van der Waals surface area contributed by atoms with Gasteiger partial charge in [0.1, 0.15) is 11.6 Å². The number of amides is 2. The molecule has 0 saturated carbocycles. The van der Waals surface area contributed by atoms with Crippen LogP contribution in [0.4, 0.5) is 4.39 Å². The molecule has 0 saturated heterocycles. The number of imide groups is 1. The Kier molecular flexibility index (Phi) is 4.29. The zero-order valence-corrected chi connectivity index (χ0v) is 17.4. The maximum absolute atomic E-state index is 14.3. The van der Waals surface area contributed by atoms with Crippen LogP contribution in [-0.4, -0.2) is 32.0 Å². The number of carbonyl (C=O) groups is 2. The third-order valence-electron chi connectivity index (χ3n) is 5.99. The fraction of sp³-hybridized carbons (Fsp3) is 0.0769. The zero-order chi connectivity index (χ0) is 22.5. The van der Waals surface area contributed by atoms with Crippen LogP contribution < -0.4 is 0 Å². The van der Waals surface area contributed by atoms with Gasteiger partial charge in [-0.05, 0) is 30.3 Å². The summed E-state index contributed by atoms with van der Waals surface area (Å²) >= 11 is 0. The molecule has 6 rings (SSSR count). The summed E-state index contributed by atoms with van der Waals surface area (Å²) < 4.78 is 16.2. The van der Waals surface area contributed by atoms with E-state index in [4.69, 9.17) is 4.99 Å². The molecule has 0 aliphatic carbocycles. The molecule has 2 aliphatic rings. The Morgan fingerprint density at radius 2 is 1.55 bits per heavy atom. The summed E-state index contributed by atoms with van der Waals surface area (Å²) in [5.41, 5.74) is 4.32. The Labute approximate surface area is 188 Å². The van der Waals surface area contributed by atoms with Gasteiger partial charge in [-0.25, -0.2) is 9.37 Å². The van der Waals surface area contributed by atoms with Gasteiger partial charge in [0.05, 0.1) is 47.5 Å². The van der Waals surface area contributed by atoms with Crippen molar-refractivity contribution in [1.29, 1.82) is 0 Å². The van der Waals surface area contributed by atoms with Gasteiger partial charge in [0.2, 0.25) is 0 Å². The lowest BCUT2D eigenvalue weighted by Crippen LogP contribution is -2.30. The van der Waals surface area contributed by atoms with Gasteiger partial charge >= 0.3 is 0 Å². The highest BCUT2D eigenvalue weighted by Crippen LogP contribution is 2.30. The fourth-order valence-electron chi connectivity index (χ4n) is 4.46. The SMILES string of the molecule is O=C1c2ccccc2C(=O)N1Cc1cnc2n1-c1ccc(F)cc1C(c1ccccc1)=NC2. The molecule has 3 aromatic carbocycles. The van der Waals surface area contributed by atoms with Gasteiger partial charge in [-0.1, -0.05) is 42.5 Å². The van der Waals surface area contributed by atoms with Crippen LogP contribution in [-0.2, 0) is 13.1 Å². The predicted octanol–water partition coefficient (Wildman–Crippen LogP) is 4.16. The van der Waals surface area contributed by atoms with E-state index in [9.17, 15) is 14.0 Å². The lowest BCUT2D eigenvalue weighted by Gasteiger charge is -2.18. The molecule has 1 aromatic heterocycles. The molecular weight excluding hydrogens is 419 g/mol. The van der Waals surface area contributed by atoms with E-state index in [1.807, 2.05) is 34.9 Å². The normalized spacial score (nSPS) is 14.5. The summed E-state index contributed by atoms with van der Waals surface area (Å²) in [5.74, 6) is -0.385.